The highest BCUT2D eigenvalue weighted by atomic mass is 15.2. The molecule has 0 aliphatic rings. The van der Waals surface area contributed by atoms with E-state index in [4.69, 9.17) is 5.73 Å². The number of hydrogen-bond acceptors (Lipinski definition) is 3. The van der Waals surface area contributed by atoms with E-state index in [1.54, 1.807) is 0 Å². The van der Waals surface area contributed by atoms with E-state index in [9.17, 15) is 0 Å². The van der Waals surface area contributed by atoms with Gasteiger partial charge in [-0.2, -0.15) is 0 Å². The number of hydrogen-bond donors (Lipinski definition) is 1. The summed E-state index contributed by atoms with van der Waals surface area (Å²) in [4.78, 5) is 6.69. The Kier molecular flexibility index (Phi) is 5.35. The third-order valence-electron chi connectivity index (χ3n) is 3.34. The van der Waals surface area contributed by atoms with Crippen molar-refractivity contribution < 1.29 is 0 Å². The van der Waals surface area contributed by atoms with Crippen LogP contribution >= 0.6 is 0 Å². The first-order valence-corrected chi connectivity index (χ1v) is 6.82. The van der Waals surface area contributed by atoms with Gasteiger partial charge in [0.1, 0.15) is 0 Å². The maximum absolute atomic E-state index is 5.82. The molecule has 1 aromatic heterocycles. The van der Waals surface area contributed by atoms with E-state index in [0.717, 1.165) is 19.6 Å². The molecule has 18 heavy (non-hydrogen) atoms. The van der Waals surface area contributed by atoms with Gasteiger partial charge in [0, 0.05) is 25.3 Å². The van der Waals surface area contributed by atoms with Gasteiger partial charge in [-0.1, -0.05) is 20.8 Å². The van der Waals surface area contributed by atoms with Crippen LogP contribution in [-0.4, -0.2) is 34.1 Å². The molecule has 1 rings (SSSR count). The summed E-state index contributed by atoms with van der Waals surface area (Å²) < 4.78 is 2.23. The summed E-state index contributed by atoms with van der Waals surface area (Å²) >= 11 is 0. The number of rotatable bonds is 7. The SMILES string of the molecule is CCN(Cc1cncn1C(C)C)CC(C)(C)CN. The van der Waals surface area contributed by atoms with Crippen LogP contribution < -0.4 is 5.73 Å². The highest BCUT2D eigenvalue weighted by molar-refractivity contribution is 5.00. The Balaban J connectivity index is 2.71. The second kappa shape index (κ2) is 6.34. The van der Waals surface area contributed by atoms with Gasteiger partial charge in [-0.3, -0.25) is 4.90 Å². The molecule has 0 bridgehead atoms. The lowest BCUT2D eigenvalue weighted by molar-refractivity contribution is 0.179. The second-order valence-corrected chi connectivity index (χ2v) is 6.06. The van der Waals surface area contributed by atoms with Crippen LogP contribution in [-0.2, 0) is 6.54 Å². The molecular weight excluding hydrogens is 224 g/mol. The summed E-state index contributed by atoms with van der Waals surface area (Å²) in [5, 5.41) is 0. The minimum Gasteiger partial charge on any atom is -0.331 e. The molecule has 0 atom stereocenters. The normalized spacial score (nSPS) is 12.7. The number of nitrogens with zero attached hydrogens (tertiary/aromatic N) is 3. The number of aromatic nitrogens is 2. The van der Waals surface area contributed by atoms with Crippen molar-refractivity contribution in [2.75, 3.05) is 19.6 Å². The van der Waals surface area contributed by atoms with Crippen LogP contribution in [0.5, 0.6) is 0 Å². The van der Waals surface area contributed by atoms with E-state index in [-0.39, 0.29) is 5.41 Å². The molecule has 0 radical (unpaired) electrons. The van der Waals surface area contributed by atoms with Crippen LogP contribution in [0.25, 0.3) is 0 Å². The second-order valence-electron chi connectivity index (χ2n) is 6.06. The molecule has 0 aliphatic heterocycles. The van der Waals surface area contributed by atoms with Crippen molar-refractivity contribution in [1.29, 1.82) is 0 Å². The van der Waals surface area contributed by atoms with Gasteiger partial charge in [0.05, 0.1) is 12.0 Å². The quantitative estimate of drug-likeness (QED) is 0.810. The Labute approximate surface area is 111 Å². The first kappa shape index (κ1) is 15.2. The fourth-order valence-corrected chi connectivity index (χ4v) is 2.10. The zero-order chi connectivity index (χ0) is 13.8. The van der Waals surface area contributed by atoms with E-state index in [2.05, 4.69) is 49.1 Å². The minimum absolute atomic E-state index is 0.165. The van der Waals surface area contributed by atoms with E-state index >= 15 is 0 Å². The van der Waals surface area contributed by atoms with Gasteiger partial charge < -0.3 is 10.3 Å². The number of nitrogens with two attached hydrogens (primary N) is 1. The summed E-state index contributed by atoms with van der Waals surface area (Å²) in [6, 6.07) is 0.462. The Morgan fingerprint density at radius 1 is 1.44 bits per heavy atom. The average Bonchev–Trinajstić information content (AvgIpc) is 2.76. The van der Waals surface area contributed by atoms with E-state index in [1.807, 2.05) is 12.5 Å². The van der Waals surface area contributed by atoms with Gasteiger partial charge in [-0.05, 0) is 32.4 Å². The monoisotopic (exact) mass is 252 g/mol. The first-order valence-electron chi connectivity index (χ1n) is 6.82. The smallest absolute Gasteiger partial charge is 0.0951 e. The summed E-state index contributed by atoms with van der Waals surface area (Å²) in [5.74, 6) is 0. The Morgan fingerprint density at radius 2 is 2.11 bits per heavy atom. The standard InChI is InChI=1S/C14H28N4/c1-6-17(10-14(4,5)9-15)8-13-7-16-11-18(13)12(2)3/h7,11-12H,6,8-10,15H2,1-5H3. The summed E-state index contributed by atoms with van der Waals surface area (Å²) in [7, 11) is 0. The molecule has 0 unspecified atom stereocenters. The zero-order valence-electron chi connectivity index (χ0n) is 12.5. The lowest BCUT2D eigenvalue weighted by Crippen LogP contribution is -2.38. The van der Waals surface area contributed by atoms with Crippen molar-refractivity contribution in [3.63, 3.8) is 0 Å². The van der Waals surface area contributed by atoms with Crippen molar-refractivity contribution >= 4 is 0 Å². The molecule has 0 spiro atoms. The molecule has 0 aliphatic carbocycles. The van der Waals surface area contributed by atoms with Crippen molar-refractivity contribution in [2.45, 2.75) is 47.2 Å². The lowest BCUT2D eigenvalue weighted by Gasteiger charge is -2.31. The molecule has 0 aromatic carbocycles. The van der Waals surface area contributed by atoms with Gasteiger partial charge in [-0.15, -0.1) is 0 Å². The van der Waals surface area contributed by atoms with E-state index < -0.39 is 0 Å². The molecule has 0 amide bonds. The number of imidazole rings is 1. The molecular formula is C14H28N4. The van der Waals surface area contributed by atoms with E-state index in [0.29, 0.717) is 12.6 Å². The summed E-state index contributed by atoms with van der Waals surface area (Å²) in [6.07, 6.45) is 3.89. The molecule has 0 saturated carbocycles. The Hall–Kier alpha value is -0.870. The molecule has 1 heterocycles. The fourth-order valence-electron chi connectivity index (χ4n) is 2.10. The predicted molar refractivity (Wildman–Crippen MR) is 76.4 cm³/mol. The third kappa shape index (κ3) is 4.10. The lowest BCUT2D eigenvalue weighted by atomic mass is 9.93. The third-order valence-corrected chi connectivity index (χ3v) is 3.34. The van der Waals surface area contributed by atoms with Crippen LogP contribution in [0, 0.1) is 5.41 Å². The Morgan fingerprint density at radius 3 is 2.61 bits per heavy atom. The first-order chi connectivity index (χ1) is 8.39. The maximum Gasteiger partial charge on any atom is 0.0951 e. The van der Waals surface area contributed by atoms with Crippen molar-refractivity contribution in [1.82, 2.24) is 14.5 Å². The summed E-state index contributed by atoms with van der Waals surface area (Å²) in [6.45, 7) is 14.7. The van der Waals surface area contributed by atoms with Crippen molar-refractivity contribution in [3.8, 4) is 0 Å². The van der Waals surface area contributed by atoms with Gasteiger partial charge >= 0.3 is 0 Å². The van der Waals surface area contributed by atoms with Gasteiger partial charge in [0.15, 0.2) is 0 Å². The molecule has 2 N–H and O–H groups in total. The maximum atomic E-state index is 5.82. The largest absolute Gasteiger partial charge is 0.331 e. The van der Waals surface area contributed by atoms with Crippen LogP contribution in [0.15, 0.2) is 12.5 Å². The van der Waals surface area contributed by atoms with Gasteiger partial charge in [-0.25, -0.2) is 4.98 Å². The molecule has 4 heteroatoms. The molecule has 0 fully saturated rings. The molecule has 104 valence electrons. The Bertz CT molecular complexity index is 354. The zero-order valence-corrected chi connectivity index (χ0v) is 12.5. The van der Waals surface area contributed by atoms with Crippen LogP contribution in [0.3, 0.4) is 0 Å². The van der Waals surface area contributed by atoms with Crippen molar-refractivity contribution in [2.24, 2.45) is 11.1 Å². The molecule has 4 nitrogen and oxygen atoms in total. The van der Waals surface area contributed by atoms with Crippen molar-refractivity contribution in [3.05, 3.63) is 18.2 Å². The highest BCUT2D eigenvalue weighted by Crippen LogP contribution is 2.17. The van der Waals surface area contributed by atoms with Gasteiger partial charge in [0.25, 0.3) is 0 Å². The minimum atomic E-state index is 0.165. The fraction of sp³-hybridized carbons (Fsp3) is 0.786. The highest BCUT2D eigenvalue weighted by Gasteiger charge is 2.20. The van der Waals surface area contributed by atoms with E-state index in [1.165, 1.54) is 5.69 Å². The van der Waals surface area contributed by atoms with Crippen LogP contribution in [0.1, 0.15) is 46.4 Å². The topological polar surface area (TPSA) is 47.1 Å². The van der Waals surface area contributed by atoms with Crippen LogP contribution in [0.2, 0.25) is 0 Å². The van der Waals surface area contributed by atoms with Gasteiger partial charge in [0.2, 0.25) is 0 Å². The van der Waals surface area contributed by atoms with Crippen LogP contribution in [0.4, 0.5) is 0 Å². The molecule has 1 aromatic rings. The summed E-state index contributed by atoms with van der Waals surface area (Å²) in [5.41, 5.74) is 7.26. The molecule has 0 saturated heterocycles. The average molecular weight is 252 g/mol. The predicted octanol–water partition coefficient (Wildman–Crippen LogP) is 2.27.